The van der Waals surface area contributed by atoms with Crippen LogP contribution in [-0.2, 0) is 14.4 Å². The minimum absolute atomic E-state index is 0.157. The predicted molar refractivity (Wildman–Crippen MR) is 38.6 cm³/mol. The van der Waals surface area contributed by atoms with Gasteiger partial charge in [-0.05, 0) is 6.92 Å². The summed E-state index contributed by atoms with van der Waals surface area (Å²) in [7, 11) is 0. The van der Waals surface area contributed by atoms with Crippen molar-refractivity contribution in [3.63, 3.8) is 0 Å². The van der Waals surface area contributed by atoms with Crippen LogP contribution < -0.4 is 0 Å². The lowest BCUT2D eigenvalue weighted by Gasteiger charge is -2.15. The molecular formula is C7H10NO3. The molecule has 0 rings (SSSR count). The monoisotopic (exact) mass is 156 g/mol. The van der Waals surface area contributed by atoms with E-state index in [0.29, 0.717) is 6.54 Å². The molecule has 0 N–H and O–H groups in total. The van der Waals surface area contributed by atoms with Crippen molar-refractivity contribution in [3.05, 3.63) is 0 Å². The second-order valence-corrected chi connectivity index (χ2v) is 2.06. The second kappa shape index (κ2) is 4.60. The molecule has 0 bridgehead atoms. The summed E-state index contributed by atoms with van der Waals surface area (Å²) >= 11 is 0. The second-order valence-electron chi connectivity index (χ2n) is 2.06. The number of carbonyl (C=O) groups excluding carboxylic acids is 3. The van der Waals surface area contributed by atoms with Crippen molar-refractivity contribution in [1.29, 1.82) is 0 Å². The van der Waals surface area contributed by atoms with Gasteiger partial charge in [-0.15, -0.1) is 0 Å². The van der Waals surface area contributed by atoms with Gasteiger partial charge in [0.05, 0.1) is 6.54 Å². The molecular weight excluding hydrogens is 146 g/mol. The summed E-state index contributed by atoms with van der Waals surface area (Å²) in [4.78, 5) is 32.2. The zero-order valence-electron chi connectivity index (χ0n) is 6.59. The fourth-order valence-corrected chi connectivity index (χ4v) is 0.651. The first-order chi connectivity index (χ1) is 5.11. The number of carbonyl (C=O) groups is 2. The van der Waals surface area contributed by atoms with Crippen LogP contribution in [0.4, 0.5) is 0 Å². The number of ketones is 1. The molecule has 0 aliphatic heterocycles. The molecule has 0 aromatic carbocycles. The molecule has 61 valence electrons. The molecule has 0 spiro atoms. The molecule has 0 heterocycles. The highest BCUT2D eigenvalue weighted by atomic mass is 16.2. The van der Waals surface area contributed by atoms with Crippen LogP contribution in [0.5, 0.6) is 0 Å². The van der Waals surface area contributed by atoms with Crippen molar-refractivity contribution < 1.29 is 14.4 Å². The first kappa shape index (κ1) is 9.81. The van der Waals surface area contributed by atoms with Gasteiger partial charge in [0.1, 0.15) is 0 Å². The van der Waals surface area contributed by atoms with Crippen molar-refractivity contribution in [2.24, 2.45) is 0 Å². The molecule has 1 amide bonds. The minimum atomic E-state index is -0.693. The Morgan fingerprint density at radius 2 is 2.00 bits per heavy atom. The highest BCUT2D eigenvalue weighted by molar-refractivity contribution is 6.26. The number of Topliss-reactive ketones (excluding diaryl/α,β-unsaturated/α-hetero) is 1. The molecule has 0 aromatic rings. The average Bonchev–Trinajstić information content (AvgIpc) is 1.99. The van der Waals surface area contributed by atoms with E-state index < -0.39 is 5.78 Å². The van der Waals surface area contributed by atoms with E-state index in [1.807, 2.05) is 0 Å². The molecule has 4 nitrogen and oxygen atoms in total. The van der Waals surface area contributed by atoms with E-state index in [2.05, 4.69) is 0 Å². The van der Waals surface area contributed by atoms with Crippen LogP contribution in [0.1, 0.15) is 13.8 Å². The highest BCUT2D eigenvalue weighted by Gasteiger charge is 2.10. The Labute approximate surface area is 65.2 Å². The number of amides is 1. The Hall–Kier alpha value is -1.19. The third kappa shape index (κ3) is 3.50. The number of rotatable bonds is 4. The summed E-state index contributed by atoms with van der Waals surface area (Å²) in [6.45, 7) is 3.36. The molecule has 0 saturated carbocycles. The third-order valence-electron chi connectivity index (χ3n) is 1.28. The summed E-state index contributed by atoms with van der Waals surface area (Å²) in [5.41, 5.74) is 0. The molecule has 0 aromatic heterocycles. The maximum atomic E-state index is 10.7. The Balaban J connectivity index is 3.97. The molecule has 0 atom stereocenters. The van der Waals surface area contributed by atoms with E-state index in [4.69, 9.17) is 0 Å². The first-order valence-corrected chi connectivity index (χ1v) is 3.28. The zero-order valence-corrected chi connectivity index (χ0v) is 6.59. The van der Waals surface area contributed by atoms with E-state index in [0.717, 1.165) is 0 Å². The van der Waals surface area contributed by atoms with Gasteiger partial charge < -0.3 is 4.90 Å². The maximum Gasteiger partial charge on any atom is 0.274 e. The SMILES string of the molecule is CCN(CC(=O)[C]=O)C(C)=O. The fraction of sp³-hybridized carbons (Fsp3) is 0.571. The normalized spacial score (nSPS) is 8.91. The van der Waals surface area contributed by atoms with E-state index in [-0.39, 0.29) is 12.5 Å². The Morgan fingerprint density at radius 3 is 2.27 bits per heavy atom. The molecule has 0 aliphatic rings. The van der Waals surface area contributed by atoms with Gasteiger partial charge in [-0.1, -0.05) is 0 Å². The highest BCUT2D eigenvalue weighted by Crippen LogP contribution is 1.87. The molecule has 0 aliphatic carbocycles. The van der Waals surface area contributed by atoms with Crippen molar-refractivity contribution in [3.8, 4) is 0 Å². The lowest BCUT2D eigenvalue weighted by molar-refractivity contribution is -0.131. The predicted octanol–water partition coefficient (Wildman–Crippen LogP) is -0.466. The van der Waals surface area contributed by atoms with Gasteiger partial charge in [0.2, 0.25) is 11.7 Å². The quantitative estimate of drug-likeness (QED) is 0.517. The van der Waals surface area contributed by atoms with E-state index >= 15 is 0 Å². The molecule has 0 saturated heterocycles. The van der Waals surface area contributed by atoms with Crippen molar-refractivity contribution in [2.45, 2.75) is 13.8 Å². The van der Waals surface area contributed by atoms with Gasteiger partial charge in [-0.2, -0.15) is 0 Å². The van der Waals surface area contributed by atoms with Crippen molar-refractivity contribution in [2.75, 3.05) is 13.1 Å². The van der Waals surface area contributed by atoms with Crippen LogP contribution in [-0.4, -0.2) is 36.0 Å². The topological polar surface area (TPSA) is 54.5 Å². The summed E-state index contributed by atoms with van der Waals surface area (Å²) in [6, 6.07) is 0. The van der Waals surface area contributed by atoms with Gasteiger partial charge in [0, 0.05) is 13.5 Å². The largest absolute Gasteiger partial charge is 0.335 e. The lowest BCUT2D eigenvalue weighted by atomic mass is 10.4. The number of hydrogen-bond acceptors (Lipinski definition) is 3. The minimum Gasteiger partial charge on any atom is -0.335 e. The zero-order chi connectivity index (χ0) is 8.85. The smallest absolute Gasteiger partial charge is 0.274 e. The Morgan fingerprint density at radius 1 is 1.45 bits per heavy atom. The summed E-state index contributed by atoms with van der Waals surface area (Å²) in [6.07, 6.45) is 1.20. The maximum absolute atomic E-state index is 10.7. The Bertz CT molecular complexity index is 177. The standard InChI is InChI=1S/C7H10NO3/c1-3-8(6(2)10)4-7(11)5-9/h3-4H2,1-2H3. The van der Waals surface area contributed by atoms with Crippen LogP contribution in [0.15, 0.2) is 0 Å². The van der Waals surface area contributed by atoms with Crippen molar-refractivity contribution in [1.82, 2.24) is 4.90 Å². The van der Waals surface area contributed by atoms with Crippen molar-refractivity contribution >= 4 is 18.0 Å². The van der Waals surface area contributed by atoms with E-state index in [1.165, 1.54) is 18.1 Å². The molecule has 4 heteroatoms. The average molecular weight is 156 g/mol. The Kier molecular flexibility index (Phi) is 4.10. The first-order valence-electron chi connectivity index (χ1n) is 3.28. The molecule has 0 fully saturated rings. The molecule has 1 radical (unpaired) electrons. The van der Waals surface area contributed by atoms with Gasteiger partial charge in [-0.3, -0.25) is 14.4 Å². The summed E-state index contributed by atoms with van der Waals surface area (Å²) in [5.74, 6) is -0.904. The lowest BCUT2D eigenvalue weighted by Crippen LogP contribution is -2.34. The van der Waals surface area contributed by atoms with Gasteiger partial charge in [0.15, 0.2) is 0 Å². The van der Waals surface area contributed by atoms with E-state index in [9.17, 15) is 14.4 Å². The van der Waals surface area contributed by atoms with Crippen LogP contribution >= 0.6 is 0 Å². The van der Waals surface area contributed by atoms with Gasteiger partial charge in [0.25, 0.3) is 6.29 Å². The third-order valence-corrected chi connectivity index (χ3v) is 1.28. The van der Waals surface area contributed by atoms with Crippen LogP contribution in [0.25, 0.3) is 0 Å². The number of hydrogen-bond donors (Lipinski definition) is 0. The summed E-state index contributed by atoms with van der Waals surface area (Å²) in [5, 5.41) is 0. The van der Waals surface area contributed by atoms with Crippen LogP contribution in [0, 0.1) is 0 Å². The molecule has 0 unspecified atom stereocenters. The van der Waals surface area contributed by atoms with E-state index in [1.54, 1.807) is 6.92 Å². The van der Waals surface area contributed by atoms with Crippen LogP contribution in [0.2, 0.25) is 0 Å². The number of likely N-dealkylation sites (N-methyl/N-ethyl adjacent to an activating group) is 1. The summed E-state index contributed by atoms with van der Waals surface area (Å²) < 4.78 is 0. The van der Waals surface area contributed by atoms with Crippen LogP contribution in [0.3, 0.4) is 0 Å². The fourth-order valence-electron chi connectivity index (χ4n) is 0.651. The van der Waals surface area contributed by atoms with Gasteiger partial charge >= 0.3 is 0 Å². The van der Waals surface area contributed by atoms with Gasteiger partial charge in [-0.25, -0.2) is 0 Å². The molecule has 11 heavy (non-hydrogen) atoms. The number of nitrogens with zero attached hydrogens (tertiary/aromatic N) is 1.